The van der Waals surface area contributed by atoms with Gasteiger partial charge in [0.1, 0.15) is 17.5 Å². The molecule has 0 amide bonds. The third-order valence-electron chi connectivity index (χ3n) is 4.14. The van der Waals surface area contributed by atoms with Gasteiger partial charge in [-0.2, -0.15) is 11.8 Å². The van der Waals surface area contributed by atoms with Crippen LogP contribution < -0.4 is 10.2 Å². The van der Waals surface area contributed by atoms with Crippen molar-refractivity contribution in [1.82, 2.24) is 9.97 Å². The van der Waals surface area contributed by atoms with Crippen LogP contribution in [0.4, 0.5) is 11.6 Å². The summed E-state index contributed by atoms with van der Waals surface area (Å²) in [4.78, 5) is 12.0. The van der Waals surface area contributed by atoms with E-state index in [0.29, 0.717) is 11.3 Å². The van der Waals surface area contributed by atoms with E-state index >= 15 is 0 Å². The first kappa shape index (κ1) is 16.4. The Morgan fingerprint density at radius 2 is 2.05 bits per heavy atom. The molecule has 0 spiro atoms. The van der Waals surface area contributed by atoms with Gasteiger partial charge in [-0.25, -0.2) is 9.97 Å². The van der Waals surface area contributed by atoms with Crippen molar-refractivity contribution in [2.24, 2.45) is 0 Å². The van der Waals surface area contributed by atoms with E-state index in [-0.39, 0.29) is 0 Å². The normalized spacial score (nSPS) is 22.4. The zero-order valence-electron chi connectivity index (χ0n) is 13.9. The third kappa shape index (κ3) is 3.62. The molecule has 0 aliphatic carbocycles. The van der Waals surface area contributed by atoms with Crippen molar-refractivity contribution >= 4 is 23.4 Å². The Balaban J connectivity index is 2.40. The lowest BCUT2D eigenvalue weighted by Gasteiger charge is -2.39. The maximum Gasteiger partial charge on any atom is 0.137 e. The second kappa shape index (κ2) is 7.34. The summed E-state index contributed by atoms with van der Waals surface area (Å²) < 4.78 is 0. The summed E-state index contributed by atoms with van der Waals surface area (Å²) in [6, 6.07) is 0.515. The number of aryl methyl sites for hydroxylation is 1. The van der Waals surface area contributed by atoms with Gasteiger partial charge in [0.25, 0.3) is 0 Å². The fourth-order valence-corrected chi connectivity index (χ4v) is 3.84. The molecule has 1 aliphatic rings. The van der Waals surface area contributed by atoms with E-state index in [2.05, 4.69) is 56.6 Å². The van der Waals surface area contributed by atoms with E-state index in [0.717, 1.165) is 43.4 Å². The quantitative estimate of drug-likeness (QED) is 0.901. The minimum absolute atomic E-state index is 0.515. The van der Waals surface area contributed by atoms with Crippen LogP contribution in [0.5, 0.6) is 0 Å². The molecule has 21 heavy (non-hydrogen) atoms. The molecule has 118 valence electrons. The number of anilines is 2. The summed E-state index contributed by atoms with van der Waals surface area (Å²) in [6.07, 6.45) is 2.02. The first-order valence-electron chi connectivity index (χ1n) is 8.08. The number of hydrogen-bond acceptors (Lipinski definition) is 5. The highest BCUT2D eigenvalue weighted by Gasteiger charge is 2.28. The van der Waals surface area contributed by atoms with Crippen LogP contribution in [0.15, 0.2) is 0 Å². The summed E-state index contributed by atoms with van der Waals surface area (Å²) in [5.41, 5.74) is 1.18. The van der Waals surface area contributed by atoms with Crippen molar-refractivity contribution in [2.75, 3.05) is 29.1 Å². The van der Waals surface area contributed by atoms with E-state index in [1.54, 1.807) is 0 Å². The molecule has 1 fully saturated rings. The molecule has 1 N–H and O–H groups in total. The lowest BCUT2D eigenvalue weighted by Crippen LogP contribution is -2.45. The summed E-state index contributed by atoms with van der Waals surface area (Å²) >= 11 is 2.06. The van der Waals surface area contributed by atoms with Crippen LogP contribution in [0.2, 0.25) is 0 Å². The molecule has 2 unspecified atom stereocenters. The molecule has 2 rings (SSSR count). The van der Waals surface area contributed by atoms with Gasteiger partial charge in [-0.3, -0.25) is 0 Å². The van der Waals surface area contributed by atoms with Crippen molar-refractivity contribution in [3.63, 3.8) is 0 Å². The van der Waals surface area contributed by atoms with E-state index in [1.165, 1.54) is 11.3 Å². The van der Waals surface area contributed by atoms with Crippen molar-refractivity contribution in [3.8, 4) is 0 Å². The average Bonchev–Trinajstić information content (AvgIpc) is 2.46. The molecular weight excluding hydrogens is 280 g/mol. The Kier molecular flexibility index (Phi) is 5.73. The van der Waals surface area contributed by atoms with Gasteiger partial charge in [0, 0.05) is 42.1 Å². The summed E-state index contributed by atoms with van der Waals surface area (Å²) in [5, 5.41) is 4.04. The Bertz CT molecular complexity index is 478. The minimum atomic E-state index is 0.515. The highest BCUT2D eigenvalue weighted by Crippen LogP contribution is 2.32. The topological polar surface area (TPSA) is 41.1 Å². The smallest absolute Gasteiger partial charge is 0.137 e. The highest BCUT2D eigenvalue weighted by molar-refractivity contribution is 8.00. The summed E-state index contributed by atoms with van der Waals surface area (Å²) in [5.74, 6) is 4.27. The molecule has 1 aromatic heterocycles. The van der Waals surface area contributed by atoms with Gasteiger partial charge < -0.3 is 10.2 Å². The fourth-order valence-electron chi connectivity index (χ4n) is 2.74. The Hall–Kier alpha value is -0.970. The maximum atomic E-state index is 4.88. The van der Waals surface area contributed by atoms with Crippen molar-refractivity contribution < 1.29 is 0 Å². The predicted molar refractivity (Wildman–Crippen MR) is 93.7 cm³/mol. The van der Waals surface area contributed by atoms with E-state index in [1.807, 2.05) is 0 Å². The minimum Gasteiger partial charge on any atom is -0.370 e. The van der Waals surface area contributed by atoms with Crippen molar-refractivity contribution in [1.29, 1.82) is 0 Å². The predicted octanol–water partition coefficient (Wildman–Crippen LogP) is 3.50. The molecule has 1 aromatic rings. The van der Waals surface area contributed by atoms with Gasteiger partial charge in [-0.05, 0) is 27.2 Å². The number of hydrogen-bond donors (Lipinski definition) is 1. The molecule has 0 bridgehead atoms. The number of nitrogens with zero attached hydrogens (tertiary/aromatic N) is 3. The number of rotatable bonds is 5. The second-order valence-corrected chi connectivity index (χ2v) is 7.21. The lowest BCUT2D eigenvalue weighted by molar-refractivity contribution is 0.615. The largest absolute Gasteiger partial charge is 0.370 e. The van der Waals surface area contributed by atoms with E-state index < -0.39 is 0 Å². The SMILES string of the molecule is CCCc1nc(NCC)c(C)c(N2CCSC(C)C2C)n1. The fraction of sp³-hybridized carbons (Fsp3) is 0.750. The first-order chi connectivity index (χ1) is 10.1. The van der Waals surface area contributed by atoms with Crippen molar-refractivity contribution in [2.45, 2.75) is 58.8 Å². The van der Waals surface area contributed by atoms with Gasteiger partial charge in [0.15, 0.2) is 0 Å². The van der Waals surface area contributed by atoms with Gasteiger partial charge in [0.05, 0.1) is 0 Å². The second-order valence-electron chi connectivity index (χ2n) is 5.73. The van der Waals surface area contributed by atoms with E-state index in [4.69, 9.17) is 9.97 Å². The average molecular weight is 308 g/mol. The van der Waals surface area contributed by atoms with Crippen LogP contribution in [-0.4, -0.2) is 40.1 Å². The van der Waals surface area contributed by atoms with Crippen LogP contribution in [-0.2, 0) is 6.42 Å². The van der Waals surface area contributed by atoms with Gasteiger partial charge >= 0.3 is 0 Å². The number of thioether (sulfide) groups is 1. The van der Waals surface area contributed by atoms with Crippen molar-refractivity contribution in [3.05, 3.63) is 11.4 Å². The molecular formula is C16H28N4S. The summed E-state index contributed by atoms with van der Waals surface area (Å²) in [6.45, 7) is 13.0. The molecule has 5 heteroatoms. The van der Waals surface area contributed by atoms with Crippen LogP contribution in [0.25, 0.3) is 0 Å². The molecule has 1 saturated heterocycles. The monoisotopic (exact) mass is 308 g/mol. The molecule has 2 heterocycles. The third-order valence-corrected chi connectivity index (χ3v) is 5.48. The highest BCUT2D eigenvalue weighted by atomic mass is 32.2. The van der Waals surface area contributed by atoms with Crippen LogP contribution >= 0.6 is 11.8 Å². The lowest BCUT2D eigenvalue weighted by atomic mass is 10.1. The Labute approximate surface area is 133 Å². The van der Waals surface area contributed by atoms with Gasteiger partial charge in [-0.15, -0.1) is 0 Å². The van der Waals surface area contributed by atoms with Crippen LogP contribution in [0.1, 0.15) is 45.5 Å². The molecule has 2 atom stereocenters. The Morgan fingerprint density at radius 3 is 2.71 bits per heavy atom. The zero-order valence-corrected chi connectivity index (χ0v) is 14.8. The molecule has 0 radical (unpaired) electrons. The molecule has 1 aliphatic heterocycles. The van der Waals surface area contributed by atoms with Gasteiger partial charge in [0.2, 0.25) is 0 Å². The van der Waals surface area contributed by atoms with E-state index in [9.17, 15) is 0 Å². The number of aromatic nitrogens is 2. The number of nitrogens with one attached hydrogen (secondary N) is 1. The Morgan fingerprint density at radius 1 is 1.29 bits per heavy atom. The van der Waals surface area contributed by atoms with Crippen LogP contribution in [0.3, 0.4) is 0 Å². The van der Waals surface area contributed by atoms with Crippen LogP contribution in [0, 0.1) is 6.92 Å². The van der Waals surface area contributed by atoms with Gasteiger partial charge in [-0.1, -0.05) is 13.8 Å². The molecule has 4 nitrogen and oxygen atoms in total. The maximum absolute atomic E-state index is 4.88. The zero-order chi connectivity index (χ0) is 15.4. The molecule has 0 aromatic carbocycles. The first-order valence-corrected chi connectivity index (χ1v) is 9.12. The molecule has 0 saturated carbocycles. The summed E-state index contributed by atoms with van der Waals surface area (Å²) in [7, 11) is 0. The standard InChI is InChI=1S/C16H28N4S/c1-6-8-14-18-15(17-7-2)11(3)16(19-14)20-9-10-21-13(5)12(20)4/h12-13H,6-10H2,1-5H3,(H,17,18,19).